The number of anilines is 1. The van der Waals surface area contributed by atoms with Gasteiger partial charge in [0, 0.05) is 23.6 Å². The van der Waals surface area contributed by atoms with Gasteiger partial charge in [-0.1, -0.05) is 11.8 Å². The summed E-state index contributed by atoms with van der Waals surface area (Å²) in [5.74, 6) is 4.97. The SMILES string of the molecule is CNc1nc2nnc(-c3cc(F)cc(C#CC(C)(C)C(F)F)c3)n2c2ccc(F)cc12. The van der Waals surface area contributed by atoms with Gasteiger partial charge in [-0.3, -0.25) is 4.40 Å². The Hall–Kier alpha value is -3.67. The van der Waals surface area contributed by atoms with Gasteiger partial charge in [-0.05, 0) is 50.2 Å². The van der Waals surface area contributed by atoms with Gasteiger partial charge in [0.2, 0.25) is 0 Å². The van der Waals surface area contributed by atoms with E-state index in [0.29, 0.717) is 22.3 Å². The Morgan fingerprint density at radius 1 is 1.03 bits per heavy atom. The molecule has 0 amide bonds. The molecule has 0 radical (unpaired) electrons. The van der Waals surface area contributed by atoms with Crippen LogP contribution < -0.4 is 5.32 Å². The Labute approximate surface area is 175 Å². The zero-order chi connectivity index (χ0) is 22.3. The maximum absolute atomic E-state index is 14.3. The topological polar surface area (TPSA) is 55.1 Å². The summed E-state index contributed by atoms with van der Waals surface area (Å²) in [6.45, 7) is 2.63. The minimum Gasteiger partial charge on any atom is -0.372 e. The number of nitrogens with zero attached hydrogens (tertiary/aromatic N) is 4. The lowest BCUT2D eigenvalue weighted by atomic mass is 9.94. The number of hydrogen-bond donors (Lipinski definition) is 1. The molecule has 4 rings (SSSR count). The van der Waals surface area contributed by atoms with E-state index < -0.39 is 23.5 Å². The average Bonchev–Trinajstić information content (AvgIpc) is 3.15. The van der Waals surface area contributed by atoms with Crippen LogP contribution in [0.2, 0.25) is 0 Å². The van der Waals surface area contributed by atoms with Crippen LogP contribution in [0.25, 0.3) is 28.1 Å². The molecule has 0 aliphatic carbocycles. The van der Waals surface area contributed by atoms with Gasteiger partial charge >= 0.3 is 0 Å². The van der Waals surface area contributed by atoms with Gasteiger partial charge in [0.1, 0.15) is 17.5 Å². The van der Waals surface area contributed by atoms with Crippen LogP contribution in [0.15, 0.2) is 36.4 Å². The molecule has 2 heterocycles. The van der Waals surface area contributed by atoms with E-state index in [1.165, 1.54) is 38.1 Å². The maximum atomic E-state index is 14.3. The predicted molar refractivity (Wildman–Crippen MR) is 110 cm³/mol. The zero-order valence-corrected chi connectivity index (χ0v) is 16.8. The zero-order valence-electron chi connectivity index (χ0n) is 16.8. The van der Waals surface area contributed by atoms with E-state index >= 15 is 0 Å². The van der Waals surface area contributed by atoms with Crippen molar-refractivity contribution in [2.75, 3.05) is 12.4 Å². The van der Waals surface area contributed by atoms with Crippen molar-refractivity contribution in [2.45, 2.75) is 20.3 Å². The largest absolute Gasteiger partial charge is 0.372 e. The summed E-state index contributed by atoms with van der Waals surface area (Å²) in [5.41, 5.74) is -0.430. The van der Waals surface area contributed by atoms with Crippen molar-refractivity contribution in [1.29, 1.82) is 0 Å². The number of benzene rings is 2. The summed E-state index contributed by atoms with van der Waals surface area (Å²) in [6.07, 6.45) is -2.65. The minimum absolute atomic E-state index is 0.218. The Morgan fingerprint density at radius 2 is 1.81 bits per heavy atom. The predicted octanol–water partition coefficient (Wildman–Crippen LogP) is 4.91. The van der Waals surface area contributed by atoms with Gasteiger partial charge in [0.15, 0.2) is 5.82 Å². The van der Waals surface area contributed by atoms with Crippen LogP contribution in [-0.4, -0.2) is 33.1 Å². The molecule has 4 aromatic rings. The summed E-state index contributed by atoms with van der Waals surface area (Å²) in [7, 11) is 1.65. The first-order chi connectivity index (χ1) is 14.7. The molecule has 9 heteroatoms. The van der Waals surface area contributed by atoms with Crippen LogP contribution in [0.1, 0.15) is 19.4 Å². The number of rotatable bonds is 3. The van der Waals surface area contributed by atoms with E-state index in [9.17, 15) is 17.6 Å². The quantitative estimate of drug-likeness (QED) is 0.373. The number of hydrogen-bond acceptors (Lipinski definition) is 4. The second-order valence-corrected chi connectivity index (χ2v) is 7.53. The molecule has 1 N–H and O–H groups in total. The lowest BCUT2D eigenvalue weighted by molar-refractivity contribution is 0.0570. The maximum Gasteiger partial charge on any atom is 0.257 e. The van der Waals surface area contributed by atoms with Crippen LogP contribution >= 0.6 is 0 Å². The van der Waals surface area contributed by atoms with E-state index in [-0.39, 0.29) is 17.2 Å². The smallest absolute Gasteiger partial charge is 0.257 e. The highest BCUT2D eigenvalue weighted by Gasteiger charge is 2.27. The first-order valence-electron chi connectivity index (χ1n) is 9.34. The molecule has 31 heavy (non-hydrogen) atoms. The molecule has 5 nitrogen and oxygen atoms in total. The summed E-state index contributed by atoms with van der Waals surface area (Å²) in [4.78, 5) is 4.35. The van der Waals surface area contributed by atoms with Crippen molar-refractivity contribution in [2.24, 2.45) is 5.41 Å². The third kappa shape index (κ3) is 3.77. The lowest BCUT2D eigenvalue weighted by Crippen LogP contribution is -2.19. The second-order valence-electron chi connectivity index (χ2n) is 7.53. The second kappa shape index (κ2) is 7.54. The highest BCUT2D eigenvalue weighted by molar-refractivity contribution is 5.92. The van der Waals surface area contributed by atoms with E-state index in [0.717, 1.165) is 6.07 Å². The van der Waals surface area contributed by atoms with E-state index in [1.807, 2.05) is 0 Å². The van der Waals surface area contributed by atoms with E-state index in [4.69, 9.17) is 0 Å². The van der Waals surface area contributed by atoms with Crippen LogP contribution in [0.3, 0.4) is 0 Å². The fourth-order valence-corrected chi connectivity index (χ4v) is 3.08. The molecule has 0 saturated heterocycles. The molecule has 0 saturated carbocycles. The number of halogens is 4. The number of nitrogens with one attached hydrogen (secondary N) is 1. The first-order valence-corrected chi connectivity index (χ1v) is 9.34. The van der Waals surface area contributed by atoms with Gasteiger partial charge in [-0.25, -0.2) is 17.6 Å². The molecule has 0 atom stereocenters. The number of fused-ring (bicyclic) bond motifs is 3. The molecule has 0 fully saturated rings. The van der Waals surface area contributed by atoms with Crippen molar-refractivity contribution in [1.82, 2.24) is 19.6 Å². The molecular weight excluding hydrogens is 410 g/mol. The van der Waals surface area contributed by atoms with Crippen molar-refractivity contribution < 1.29 is 17.6 Å². The fourth-order valence-electron chi connectivity index (χ4n) is 3.08. The number of aromatic nitrogens is 4. The average molecular weight is 427 g/mol. The number of alkyl halides is 2. The fraction of sp³-hybridized carbons (Fsp3) is 0.227. The summed E-state index contributed by atoms with van der Waals surface area (Å²) in [6, 6.07) is 8.10. The molecule has 0 aliphatic heterocycles. The van der Waals surface area contributed by atoms with Crippen LogP contribution in [0.5, 0.6) is 0 Å². The van der Waals surface area contributed by atoms with Gasteiger partial charge in [-0.2, -0.15) is 4.98 Å². The Balaban J connectivity index is 1.92. The van der Waals surface area contributed by atoms with E-state index in [2.05, 4.69) is 32.3 Å². The van der Waals surface area contributed by atoms with Gasteiger partial charge in [0.05, 0.1) is 10.9 Å². The monoisotopic (exact) mass is 427 g/mol. The molecule has 0 bridgehead atoms. The molecule has 0 unspecified atom stereocenters. The van der Waals surface area contributed by atoms with E-state index in [1.54, 1.807) is 17.5 Å². The highest BCUT2D eigenvalue weighted by atomic mass is 19.3. The van der Waals surface area contributed by atoms with Gasteiger partial charge in [-0.15, -0.1) is 10.2 Å². The third-order valence-corrected chi connectivity index (χ3v) is 4.78. The summed E-state index contributed by atoms with van der Waals surface area (Å²) < 4.78 is 55.9. The van der Waals surface area contributed by atoms with Gasteiger partial charge in [0.25, 0.3) is 12.2 Å². The molecule has 158 valence electrons. The Kier molecular flexibility index (Phi) is 5.01. The van der Waals surface area contributed by atoms with Crippen molar-refractivity contribution >= 4 is 22.5 Å². The molecule has 0 aliphatic rings. The molecular formula is C22H17F4N5. The van der Waals surface area contributed by atoms with Crippen molar-refractivity contribution in [3.05, 3.63) is 53.6 Å². The van der Waals surface area contributed by atoms with Crippen molar-refractivity contribution in [3.8, 4) is 23.2 Å². The van der Waals surface area contributed by atoms with Crippen LogP contribution in [0, 0.1) is 28.9 Å². The van der Waals surface area contributed by atoms with Gasteiger partial charge < -0.3 is 5.32 Å². The molecule has 2 aromatic carbocycles. The minimum atomic E-state index is -2.65. The third-order valence-electron chi connectivity index (χ3n) is 4.78. The molecule has 0 spiro atoms. The summed E-state index contributed by atoms with van der Waals surface area (Å²) >= 11 is 0. The lowest BCUT2D eigenvalue weighted by Gasteiger charge is -2.15. The summed E-state index contributed by atoms with van der Waals surface area (Å²) in [5, 5.41) is 11.6. The van der Waals surface area contributed by atoms with Crippen molar-refractivity contribution in [3.63, 3.8) is 0 Å². The van der Waals surface area contributed by atoms with Crippen LogP contribution in [0.4, 0.5) is 23.4 Å². The normalized spacial score (nSPS) is 11.7. The Morgan fingerprint density at radius 3 is 2.52 bits per heavy atom. The van der Waals surface area contributed by atoms with Crippen LogP contribution in [-0.2, 0) is 0 Å². The molecule has 2 aromatic heterocycles. The Bertz CT molecular complexity index is 1370. The first kappa shape index (κ1) is 20.6. The standard InChI is InChI=1S/C22H17F4N5/c1-22(2,20(25)26)7-6-12-8-13(10-15(24)9-12)19-29-30-21-28-18(27-3)16-11-14(23)4-5-17(16)31(19)21/h4-5,8-11,20H,1-3H3,(H,27,28,30). The highest BCUT2D eigenvalue weighted by Crippen LogP contribution is 2.29.